The lowest BCUT2D eigenvalue weighted by atomic mass is 10.0. The fraction of sp³-hybridized carbons (Fsp3) is 0.308. The minimum Gasteiger partial charge on any atom is -0.327 e. The molecule has 1 aromatic heterocycles. The highest BCUT2D eigenvalue weighted by atomic mass is 35.5. The highest BCUT2D eigenvalue weighted by molar-refractivity contribution is 6.30. The molecule has 0 aliphatic carbocycles. The molecule has 2 rings (SSSR count). The van der Waals surface area contributed by atoms with Crippen molar-refractivity contribution >= 4 is 11.6 Å². The van der Waals surface area contributed by atoms with Gasteiger partial charge in [0.1, 0.15) is 0 Å². The maximum atomic E-state index is 6.03. The van der Waals surface area contributed by atoms with Gasteiger partial charge >= 0.3 is 0 Å². The zero-order valence-corrected chi connectivity index (χ0v) is 10.6. The Labute approximate surface area is 106 Å². The average Bonchev–Trinajstić information content (AvgIpc) is 2.82. The molecule has 0 bridgehead atoms. The Balaban J connectivity index is 2.38. The topological polar surface area (TPSA) is 43.8 Å². The summed E-state index contributed by atoms with van der Waals surface area (Å²) < 4.78 is 1.84. The van der Waals surface area contributed by atoms with Crippen LogP contribution in [0.3, 0.4) is 0 Å². The number of hydrogen-bond acceptors (Lipinski definition) is 2. The van der Waals surface area contributed by atoms with E-state index < -0.39 is 0 Å². The number of rotatable bonds is 4. The second-order valence-electron chi connectivity index (χ2n) is 4.10. The fourth-order valence-corrected chi connectivity index (χ4v) is 1.97. The predicted octanol–water partition coefficient (Wildman–Crippen LogP) is 2.81. The molecule has 90 valence electrons. The van der Waals surface area contributed by atoms with Gasteiger partial charge in [-0.05, 0) is 42.7 Å². The molecule has 1 aromatic carbocycles. The van der Waals surface area contributed by atoms with E-state index in [1.807, 2.05) is 35.1 Å². The molecule has 1 heterocycles. The summed E-state index contributed by atoms with van der Waals surface area (Å²) >= 11 is 6.03. The maximum Gasteiger partial charge on any atom is 0.0679 e. The van der Waals surface area contributed by atoms with Gasteiger partial charge in [0.05, 0.1) is 5.69 Å². The Morgan fingerprint density at radius 2 is 2.29 bits per heavy atom. The number of benzene rings is 1. The van der Waals surface area contributed by atoms with Gasteiger partial charge in [-0.1, -0.05) is 18.5 Å². The summed E-state index contributed by atoms with van der Waals surface area (Å²) in [5.41, 5.74) is 8.18. The minimum atomic E-state index is 0.155. The van der Waals surface area contributed by atoms with Crippen molar-refractivity contribution in [2.45, 2.75) is 25.8 Å². The highest BCUT2D eigenvalue weighted by Gasteiger charge is 2.09. The second kappa shape index (κ2) is 5.34. The molecule has 4 heteroatoms. The van der Waals surface area contributed by atoms with E-state index in [0.29, 0.717) is 0 Å². The third kappa shape index (κ3) is 2.87. The van der Waals surface area contributed by atoms with E-state index in [9.17, 15) is 0 Å². The van der Waals surface area contributed by atoms with Crippen molar-refractivity contribution in [3.05, 3.63) is 47.2 Å². The zero-order chi connectivity index (χ0) is 12.3. The van der Waals surface area contributed by atoms with Crippen molar-refractivity contribution in [2.75, 3.05) is 0 Å². The van der Waals surface area contributed by atoms with Crippen molar-refractivity contribution in [1.82, 2.24) is 9.78 Å². The number of aromatic nitrogens is 2. The van der Waals surface area contributed by atoms with E-state index in [0.717, 1.165) is 29.1 Å². The van der Waals surface area contributed by atoms with Gasteiger partial charge in [-0.25, -0.2) is 4.68 Å². The maximum absolute atomic E-state index is 6.03. The molecule has 2 N–H and O–H groups in total. The van der Waals surface area contributed by atoms with Crippen molar-refractivity contribution in [3.8, 4) is 5.69 Å². The summed E-state index contributed by atoms with van der Waals surface area (Å²) in [5, 5.41) is 4.98. The van der Waals surface area contributed by atoms with Gasteiger partial charge in [-0.2, -0.15) is 5.10 Å². The Morgan fingerprint density at radius 1 is 1.47 bits per heavy atom. The molecule has 0 saturated carbocycles. The normalized spacial score (nSPS) is 12.6. The van der Waals surface area contributed by atoms with Gasteiger partial charge in [-0.15, -0.1) is 0 Å². The first kappa shape index (κ1) is 12.1. The van der Waals surface area contributed by atoms with Crippen molar-refractivity contribution < 1.29 is 0 Å². The molecular formula is C13H16ClN3. The van der Waals surface area contributed by atoms with Gasteiger partial charge in [-0.3, -0.25) is 0 Å². The number of halogens is 1. The molecular weight excluding hydrogens is 234 g/mol. The largest absolute Gasteiger partial charge is 0.327 e. The summed E-state index contributed by atoms with van der Waals surface area (Å²) in [6, 6.07) is 7.88. The smallest absolute Gasteiger partial charge is 0.0679 e. The van der Waals surface area contributed by atoms with Gasteiger partial charge in [0.2, 0.25) is 0 Å². The highest BCUT2D eigenvalue weighted by Crippen LogP contribution is 2.20. The Bertz CT molecular complexity index is 479. The Morgan fingerprint density at radius 3 is 2.94 bits per heavy atom. The van der Waals surface area contributed by atoms with Crippen LogP contribution in [-0.2, 0) is 6.42 Å². The molecule has 0 radical (unpaired) electrons. The molecule has 0 aliphatic heterocycles. The lowest BCUT2D eigenvalue weighted by molar-refractivity contribution is 0.642. The van der Waals surface area contributed by atoms with Crippen LogP contribution < -0.4 is 5.73 Å². The third-order valence-electron chi connectivity index (χ3n) is 2.80. The minimum absolute atomic E-state index is 0.155. The van der Waals surface area contributed by atoms with Crippen LogP contribution in [0.2, 0.25) is 5.02 Å². The quantitative estimate of drug-likeness (QED) is 0.906. The molecule has 1 atom stereocenters. The van der Waals surface area contributed by atoms with Crippen LogP contribution >= 0.6 is 11.6 Å². The summed E-state index contributed by atoms with van der Waals surface area (Å²) in [4.78, 5) is 0. The zero-order valence-electron chi connectivity index (χ0n) is 9.81. The molecule has 3 nitrogen and oxygen atoms in total. The molecule has 0 aliphatic rings. The average molecular weight is 250 g/mol. The molecule has 0 amide bonds. The van der Waals surface area contributed by atoms with Crippen molar-refractivity contribution in [1.29, 1.82) is 0 Å². The van der Waals surface area contributed by atoms with E-state index >= 15 is 0 Å². The van der Waals surface area contributed by atoms with Crippen LogP contribution in [0.5, 0.6) is 0 Å². The number of nitrogens with zero attached hydrogens (tertiary/aromatic N) is 2. The Hall–Kier alpha value is -1.32. The van der Waals surface area contributed by atoms with Crippen LogP contribution in [0.15, 0.2) is 36.7 Å². The van der Waals surface area contributed by atoms with Crippen molar-refractivity contribution in [2.24, 2.45) is 5.73 Å². The first-order valence-corrected chi connectivity index (χ1v) is 6.12. The predicted molar refractivity (Wildman–Crippen MR) is 70.5 cm³/mol. The number of nitrogens with two attached hydrogens (primary N) is 1. The van der Waals surface area contributed by atoms with Crippen LogP contribution in [0, 0.1) is 0 Å². The van der Waals surface area contributed by atoms with Gasteiger partial charge < -0.3 is 5.73 Å². The van der Waals surface area contributed by atoms with Gasteiger partial charge in [0.25, 0.3) is 0 Å². The fourth-order valence-electron chi connectivity index (χ4n) is 1.78. The standard InChI is InChI=1S/C13H16ClN3/c1-2-12(15)9-10-8-11(14)4-5-13(10)17-7-3-6-16-17/h3-8,12H,2,9,15H2,1H3. The molecule has 1 unspecified atom stereocenters. The van der Waals surface area contributed by atoms with E-state index in [1.54, 1.807) is 6.20 Å². The Kier molecular flexibility index (Phi) is 3.82. The molecule has 17 heavy (non-hydrogen) atoms. The molecule has 2 aromatic rings. The first-order valence-electron chi connectivity index (χ1n) is 5.74. The van der Waals surface area contributed by atoms with Crippen LogP contribution in [0.1, 0.15) is 18.9 Å². The number of hydrogen-bond donors (Lipinski definition) is 1. The van der Waals surface area contributed by atoms with Crippen LogP contribution in [0.25, 0.3) is 5.69 Å². The first-order chi connectivity index (χ1) is 8.20. The van der Waals surface area contributed by atoms with E-state index in [1.165, 1.54) is 0 Å². The van der Waals surface area contributed by atoms with Gasteiger partial charge in [0.15, 0.2) is 0 Å². The summed E-state index contributed by atoms with van der Waals surface area (Å²) in [5.74, 6) is 0. The lowest BCUT2D eigenvalue weighted by Crippen LogP contribution is -2.22. The molecule has 0 saturated heterocycles. The monoisotopic (exact) mass is 249 g/mol. The van der Waals surface area contributed by atoms with Crippen LogP contribution in [-0.4, -0.2) is 15.8 Å². The molecule has 0 spiro atoms. The second-order valence-corrected chi connectivity index (χ2v) is 4.53. The lowest BCUT2D eigenvalue weighted by Gasteiger charge is -2.13. The van der Waals surface area contributed by atoms with E-state index in [-0.39, 0.29) is 6.04 Å². The SMILES string of the molecule is CCC(N)Cc1cc(Cl)ccc1-n1cccn1. The van der Waals surface area contributed by atoms with Crippen LogP contribution in [0.4, 0.5) is 0 Å². The van der Waals surface area contributed by atoms with Crippen molar-refractivity contribution in [3.63, 3.8) is 0 Å². The van der Waals surface area contributed by atoms with E-state index in [4.69, 9.17) is 17.3 Å². The van der Waals surface area contributed by atoms with E-state index in [2.05, 4.69) is 12.0 Å². The molecule has 0 fully saturated rings. The third-order valence-corrected chi connectivity index (χ3v) is 3.03. The summed E-state index contributed by atoms with van der Waals surface area (Å²) in [6.07, 6.45) is 5.44. The summed E-state index contributed by atoms with van der Waals surface area (Å²) in [7, 11) is 0. The summed E-state index contributed by atoms with van der Waals surface area (Å²) in [6.45, 7) is 2.09. The van der Waals surface area contributed by atoms with Gasteiger partial charge in [0, 0.05) is 23.5 Å².